The fourth-order valence-corrected chi connectivity index (χ4v) is 1.78. The van der Waals surface area contributed by atoms with Gasteiger partial charge in [0.05, 0.1) is 23.8 Å². The lowest BCUT2D eigenvalue weighted by molar-refractivity contribution is 0.220. The summed E-state index contributed by atoms with van der Waals surface area (Å²) in [6.07, 6.45) is 0.212. The molecule has 1 rings (SSSR count). The molecule has 0 aliphatic rings. The van der Waals surface area contributed by atoms with Gasteiger partial charge in [-0.25, -0.2) is 0 Å². The molecule has 0 bridgehead atoms. The van der Waals surface area contributed by atoms with Gasteiger partial charge >= 0.3 is 0 Å². The van der Waals surface area contributed by atoms with Crippen molar-refractivity contribution >= 4 is 15.9 Å². The van der Waals surface area contributed by atoms with Crippen LogP contribution in [-0.2, 0) is 0 Å². The van der Waals surface area contributed by atoms with E-state index in [2.05, 4.69) is 15.9 Å². The molecule has 0 fully saturated rings. The average Bonchev–Trinajstić information content (AvgIpc) is 2.21. The molecule has 0 saturated heterocycles. The Labute approximate surface area is 111 Å². The van der Waals surface area contributed by atoms with Gasteiger partial charge in [-0.3, -0.25) is 0 Å². The van der Waals surface area contributed by atoms with Crippen LogP contribution in [0.2, 0.25) is 0 Å². The van der Waals surface area contributed by atoms with E-state index in [-0.39, 0.29) is 12.2 Å². The summed E-state index contributed by atoms with van der Waals surface area (Å²) in [5.41, 5.74) is 0. The first-order valence-corrected chi connectivity index (χ1v) is 6.44. The highest BCUT2D eigenvalue weighted by molar-refractivity contribution is 9.10. The lowest BCUT2D eigenvalue weighted by Gasteiger charge is -2.17. The molecule has 0 amide bonds. The molecule has 0 aliphatic carbocycles. The topological polar surface area (TPSA) is 27.7 Å². The van der Waals surface area contributed by atoms with Gasteiger partial charge < -0.3 is 14.2 Å². The number of hydrogen-bond acceptors (Lipinski definition) is 3. The van der Waals surface area contributed by atoms with Crippen molar-refractivity contribution in [3.05, 3.63) is 16.6 Å². The maximum absolute atomic E-state index is 5.69. The number of rotatable bonds is 5. The minimum absolute atomic E-state index is 0.0944. The third-order valence-electron chi connectivity index (χ3n) is 1.94. The van der Waals surface area contributed by atoms with Crippen molar-refractivity contribution < 1.29 is 14.2 Å². The zero-order valence-corrected chi connectivity index (χ0v) is 12.5. The van der Waals surface area contributed by atoms with Gasteiger partial charge in [0, 0.05) is 12.1 Å². The molecule has 96 valence electrons. The van der Waals surface area contributed by atoms with Crippen molar-refractivity contribution in [2.24, 2.45) is 0 Å². The van der Waals surface area contributed by atoms with E-state index in [1.807, 2.05) is 39.8 Å². The summed E-state index contributed by atoms with van der Waals surface area (Å²) in [5.74, 6) is 2.15. The van der Waals surface area contributed by atoms with Gasteiger partial charge in [0.15, 0.2) is 11.5 Å². The molecule has 17 heavy (non-hydrogen) atoms. The standard InChI is InChI=1S/C13H19BrO3/c1-8(2)16-11-7-13(17-9(3)4)12(15-5)6-10(11)14/h6-9H,1-5H3. The van der Waals surface area contributed by atoms with Crippen molar-refractivity contribution in [1.82, 2.24) is 0 Å². The van der Waals surface area contributed by atoms with E-state index in [1.165, 1.54) is 0 Å². The molecule has 0 heterocycles. The Kier molecular flexibility index (Phi) is 5.12. The molecule has 0 unspecified atom stereocenters. The predicted molar refractivity (Wildman–Crippen MR) is 72.2 cm³/mol. The van der Waals surface area contributed by atoms with Crippen LogP contribution < -0.4 is 14.2 Å². The third-order valence-corrected chi connectivity index (χ3v) is 2.56. The first-order chi connectivity index (χ1) is 7.93. The molecule has 0 saturated carbocycles. The molecule has 0 atom stereocenters. The highest BCUT2D eigenvalue weighted by atomic mass is 79.9. The first kappa shape index (κ1) is 14.2. The first-order valence-electron chi connectivity index (χ1n) is 5.65. The predicted octanol–water partition coefficient (Wildman–Crippen LogP) is 4.03. The van der Waals surface area contributed by atoms with Crippen molar-refractivity contribution in [2.45, 2.75) is 39.9 Å². The van der Waals surface area contributed by atoms with Gasteiger partial charge in [-0.05, 0) is 43.6 Å². The van der Waals surface area contributed by atoms with E-state index in [1.54, 1.807) is 7.11 Å². The van der Waals surface area contributed by atoms with Crippen LogP contribution in [0.3, 0.4) is 0 Å². The Morgan fingerprint density at radius 2 is 1.41 bits per heavy atom. The highest BCUT2D eigenvalue weighted by Crippen LogP contribution is 2.38. The summed E-state index contributed by atoms with van der Waals surface area (Å²) in [5, 5.41) is 0. The molecule has 3 nitrogen and oxygen atoms in total. The van der Waals surface area contributed by atoms with E-state index >= 15 is 0 Å². The summed E-state index contributed by atoms with van der Waals surface area (Å²) >= 11 is 3.46. The van der Waals surface area contributed by atoms with E-state index in [9.17, 15) is 0 Å². The minimum atomic E-state index is 0.0944. The van der Waals surface area contributed by atoms with E-state index in [0.29, 0.717) is 11.5 Å². The smallest absolute Gasteiger partial charge is 0.165 e. The quantitative estimate of drug-likeness (QED) is 0.822. The fraction of sp³-hybridized carbons (Fsp3) is 0.538. The second-order valence-electron chi connectivity index (χ2n) is 4.27. The number of methoxy groups -OCH3 is 1. The number of halogens is 1. The monoisotopic (exact) mass is 302 g/mol. The summed E-state index contributed by atoms with van der Waals surface area (Å²) in [4.78, 5) is 0. The zero-order chi connectivity index (χ0) is 13.0. The Balaban J connectivity index is 3.08. The summed E-state index contributed by atoms with van der Waals surface area (Å²) in [7, 11) is 1.62. The molecule has 0 N–H and O–H groups in total. The molecule has 0 radical (unpaired) electrons. The SMILES string of the molecule is COc1cc(Br)c(OC(C)C)cc1OC(C)C. The fourth-order valence-electron chi connectivity index (χ4n) is 1.37. The maximum Gasteiger partial charge on any atom is 0.165 e. The normalized spacial score (nSPS) is 10.8. The Bertz CT molecular complexity index is 375. The minimum Gasteiger partial charge on any atom is -0.493 e. The summed E-state index contributed by atoms with van der Waals surface area (Å²) in [6, 6.07) is 3.71. The van der Waals surface area contributed by atoms with Gasteiger partial charge in [0.1, 0.15) is 5.75 Å². The Morgan fingerprint density at radius 3 is 1.88 bits per heavy atom. The van der Waals surface area contributed by atoms with Crippen LogP contribution in [0.5, 0.6) is 17.2 Å². The van der Waals surface area contributed by atoms with E-state index in [4.69, 9.17) is 14.2 Å². The van der Waals surface area contributed by atoms with Crippen LogP contribution in [-0.4, -0.2) is 19.3 Å². The number of ether oxygens (including phenoxy) is 3. The molecule has 1 aromatic rings. The van der Waals surface area contributed by atoms with Gasteiger partial charge in [0.25, 0.3) is 0 Å². The van der Waals surface area contributed by atoms with Crippen LogP contribution in [0.25, 0.3) is 0 Å². The van der Waals surface area contributed by atoms with Gasteiger partial charge in [-0.1, -0.05) is 0 Å². The van der Waals surface area contributed by atoms with Gasteiger partial charge in [0.2, 0.25) is 0 Å². The average molecular weight is 303 g/mol. The number of hydrogen-bond donors (Lipinski definition) is 0. The lowest BCUT2D eigenvalue weighted by atomic mass is 10.3. The van der Waals surface area contributed by atoms with Crippen LogP contribution in [0.15, 0.2) is 16.6 Å². The molecule has 0 spiro atoms. The second kappa shape index (κ2) is 6.15. The lowest BCUT2D eigenvalue weighted by Crippen LogP contribution is -2.09. The summed E-state index contributed by atoms with van der Waals surface area (Å²) < 4.78 is 17.5. The largest absolute Gasteiger partial charge is 0.493 e. The third kappa shape index (κ3) is 4.11. The van der Waals surface area contributed by atoms with Gasteiger partial charge in [-0.2, -0.15) is 0 Å². The van der Waals surface area contributed by atoms with Crippen molar-refractivity contribution in [3.63, 3.8) is 0 Å². The molecule has 0 aliphatic heterocycles. The highest BCUT2D eigenvalue weighted by Gasteiger charge is 2.13. The van der Waals surface area contributed by atoms with Crippen molar-refractivity contribution in [1.29, 1.82) is 0 Å². The van der Waals surface area contributed by atoms with E-state index in [0.717, 1.165) is 10.2 Å². The van der Waals surface area contributed by atoms with E-state index < -0.39 is 0 Å². The number of benzene rings is 1. The molecule has 1 aromatic carbocycles. The summed E-state index contributed by atoms with van der Waals surface area (Å²) in [6.45, 7) is 7.92. The van der Waals surface area contributed by atoms with Gasteiger partial charge in [-0.15, -0.1) is 0 Å². The Morgan fingerprint density at radius 1 is 0.882 bits per heavy atom. The van der Waals surface area contributed by atoms with Crippen LogP contribution in [0, 0.1) is 0 Å². The Hall–Kier alpha value is -0.900. The second-order valence-corrected chi connectivity index (χ2v) is 5.12. The van der Waals surface area contributed by atoms with Crippen molar-refractivity contribution in [2.75, 3.05) is 7.11 Å². The zero-order valence-electron chi connectivity index (χ0n) is 10.9. The van der Waals surface area contributed by atoms with Crippen LogP contribution in [0.1, 0.15) is 27.7 Å². The molecule has 0 aromatic heterocycles. The maximum atomic E-state index is 5.69. The molecular formula is C13H19BrO3. The molecule has 4 heteroatoms. The van der Waals surface area contributed by atoms with Crippen LogP contribution in [0.4, 0.5) is 0 Å². The molecular weight excluding hydrogens is 284 g/mol. The van der Waals surface area contributed by atoms with Crippen LogP contribution >= 0.6 is 15.9 Å². The van der Waals surface area contributed by atoms with Crippen molar-refractivity contribution in [3.8, 4) is 17.2 Å².